The van der Waals surface area contributed by atoms with Gasteiger partial charge < -0.3 is 24.1 Å². The number of esters is 3. The topological polar surface area (TPSA) is 108 Å². The number of aliphatic hydroxyl groups excluding tert-OH is 1. The maximum Gasteiger partial charge on any atom is 0.332 e. The molecular weight excluding hydrogens is 572 g/mol. The normalized spacial score (nSPS) is 12.7. The number of halogens is 1. The molecule has 0 aliphatic rings. The molecule has 3 unspecified atom stereocenters. The zero-order chi connectivity index (χ0) is 31.9. The van der Waals surface area contributed by atoms with E-state index in [0.717, 1.165) is 11.1 Å². The molecule has 8 nitrogen and oxygen atoms in total. The number of benzene rings is 3. The SMILES string of the molecule is C/C=C/C(=O)OC(Cl)c1ccccc1.C/C=C/C(=O)OC(O)c1ccccc1.C/C=C/C(=O)OC(OC)c1ccccc1. The maximum atomic E-state index is 11.2. The van der Waals surface area contributed by atoms with Crippen molar-refractivity contribution in [3.63, 3.8) is 0 Å². The molecule has 43 heavy (non-hydrogen) atoms. The molecule has 3 atom stereocenters. The fraction of sp³-hybridized carbons (Fsp3) is 0.206. The molecule has 0 saturated heterocycles. The smallest absolute Gasteiger partial charge is 0.332 e. The number of carbonyl (C=O) groups is 3. The van der Waals surface area contributed by atoms with Gasteiger partial charge in [-0.2, -0.15) is 0 Å². The van der Waals surface area contributed by atoms with E-state index in [1.165, 1.54) is 25.3 Å². The summed E-state index contributed by atoms with van der Waals surface area (Å²) in [6.07, 6.45) is 6.89. The van der Waals surface area contributed by atoms with Crippen molar-refractivity contribution in [1.29, 1.82) is 0 Å². The molecule has 9 heteroatoms. The van der Waals surface area contributed by atoms with E-state index in [1.807, 2.05) is 54.6 Å². The highest BCUT2D eigenvalue weighted by atomic mass is 35.5. The molecule has 0 radical (unpaired) electrons. The van der Waals surface area contributed by atoms with Crippen LogP contribution < -0.4 is 0 Å². The lowest BCUT2D eigenvalue weighted by molar-refractivity contribution is -0.169. The third-order valence-electron chi connectivity index (χ3n) is 5.01. The Kier molecular flexibility index (Phi) is 18.8. The second-order valence-corrected chi connectivity index (χ2v) is 8.68. The summed E-state index contributed by atoms with van der Waals surface area (Å²) >= 11 is 5.86. The lowest BCUT2D eigenvalue weighted by Crippen LogP contribution is -2.10. The first-order chi connectivity index (χ1) is 20.7. The number of rotatable bonds is 10. The molecule has 1 N–H and O–H groups in total. The Labute approximate surface area is 257 Å². The van der Waals surface area contributed by atoms with Gasteiger partial charge in [-0.15, -0.1) is 0 Å². The van der Waals surface area contributed by atoms with Crippen LogP contribution in [0.2, 0.25) is 0 Å². The molecule has 0 amide bonds. The van der Waals surface area contributed by atoms with Gasteiger partial charge in [0.05, 0.1) is 0 Å². The van der Waals surface area contributed by atoms with Gasteiger partial charge >= 0.3 is 17.9 Å². The van der Waals surface area contributed by atoms with Crippen molar-refractivity contribution in [3.05, 3.63) is 144 Å². The third kappa shape index (κ3) is 15.9. The summed E-state index contributed by atoms with van der Waals surface area (Å²) in [6.45, 7) is 5.20. The van der Waals surface area contributed by atoms with Crippen LogP contribution in [0.5, 0.6) is 0 Å². The minimum atomic E-state index is -1.19. The molecule has 228 valence electrons. The van der Waals surface area contributed by atoms with Crippen molar-refractivity contribution in [2.45, 2.75) is 38.9 Å². The number of hydrogen-bond donors (Lipinski definition) is 1. The zero-order valence-corrected chi connectivity index (χ0v) is 25.3. The van der Waals surface area contributed by atoms with Gasteiger partial charge in [0.1, 0.15) is 0 Å². The van der Waals surface area contributed by atoms with E-state index in [9.17, 15) is 19.5 Å². The Balaban J connectivity index is 0.000000323. The average Bonchev–Trinajstić information content (AvgIpc) is 3.02. The second-order valence-electron chi connectivity index (χ2n) is 8.28. The van der Waals surface area contributed by atoms with E-state index >= 15 is 0 Å². The van der Waals surface area contributed by atoms with Crippen molar-refractivity contribution in [2.75, 3.05) is 7.11 Å². The highest BCUT2D eigenvalue weighted by Crippen LogP contribution is 2.21. The first-order valence-corrected chi connectivity index (χ1v) is 13.7. The Morgan fingerprint density at radius 2 is 0.977 bits per heavy atom. The van der Waals surface area contributed by atoms with Crippen LogP contribution in [0.15, 0.2) is 127 Å². The van der Waals surface area contributed by atoms with Crippen molar-refractivity contribution in [2.24, 2.45) is 0 Å². The van der Waals surface area contributed by atoms with Crippen LogP contribution in [0, 0.1) is 0 Å². The van der Waals surface area contributed by atoms with Crippen LogP contribution in [0.25, 0.3) is 0 Å². The molecule has 0 spiro atoms. The number of allylic oxidation sites excluding steroid dienone is 3. The van der Waals surface area contributed by atoms with E-state index in [1.54, 1.807) is 75.4 Å². The predicted octanol–water partition coefficient (Wildman–Crippen LogP) is 7.29. The summed E-state index contributed by atoms with van der Waals surface area (Å²) in [5, 5.41) is 9.44. The lowest BCUT2D eigenvalue weighted by Gasteiger charge is -2.14. The number of alkyl halides is 1. The number of ether oxygens (including phenoxy) is 4. The minimum absolute atomic E-state index is 0.409. The largest absolute Gasteiger partial charge is 0.438 e. The Hall–Kier alpha value is -4.50. The number of hydrogen-bond acceptors (Lipinski definition) is 8. The quantitative estimate of drug-likeness (QED) is 0.0840. The zero-order valence-electron chi connectivity index (χ0n) is 24.5. The molecule has 0 saturated carbocycles. The van der Waals surface area contributed by atoms with Crippen molar-refractivity contribution in [1.82, 2.24) is 0 Å². The molecule has 0 aliphatic carbocycles. The predicted molar refractivity (Wildman–Crippen MR) is 165 cm³/mol. The van der Waals surface area contributed by atoms with Crippen LogP contribution in [0.3, 0.4) is 0 Å². The monoisotopic (exact) mass is 608 g/mol. The fourth-order valence-electron chi connectivity index (χ4n) is 3.06. The van der Waals surface area contributed by atoms with E-state index in [-0.39, 0.29) is 0 Å². The molecule has 0 heterocycles. The summed E-state index contributed by atoms with van der Waals surface area (Å²) in [6, 6.07) is 27.2. The van der Waals surface area contributed by atoms with Gasteiger partial charge in [0.2, 0.25) is 18.1 Å². The summed E-state index contributed by atoms with van der Waals surface area (Å²) in [5.41, 5.74) is 1.43. The molecule has 0 aromatic heterocycles. The number of methoxy groups -OCH3 is 1. The number of carbonyl (C=O) groups excluding carboxylic acids is 3. The van der Waals surface area contributed by atoms with E-state index in [4.69, 9.17) is 30.5 Å². The molecule has 3 aromatic carbocycles. The van der Waals surface area contributed by atoms with Crippen LogP contribution in [0.4, 0.5) is 0 Å². The Bertz CT molecular complexity index is 1220. The summed E-state index contributed by atoms with van der Waals surface area (Å²) in [7, 11) is 1.50. The molecule has 0 aliphatic heterocycles. The van der Waals surface area contributed by atoms with Crippen LogP contribution >= 0.6 is 11.6 Å². The highest BCUT2D eigenvalue weighted by molar-refractivity contribution is 6.20. The van der Waals surface area contributed by atoms with Gasteiger partial charge in [-0.25, -0.2) is 14.4 Å². The molecular formula is C34H37ClO8. The molecule has 3 aromatic rings. The van der Waals surface area contributed by atoms with Crippen LogP contribution in [0.1, 0.15) is 55.6 Å². The fourth-order valence-corrected chi connectivity index (χ4v) is 3.30. The van der Waals surface area contributed by atoms with E-state index in [0.29, 0.717) is 5.56 Å². The highest BCUT2D eigenvalue weighted by Gasteiger charge is 2.13. The molecule has 0 bridgehead atoms. The maximum absolute atomic E-state index is 11.2. The number of aliphatic hydroxyl groups is 1. The molecule has 0 fully saturated rings. The Morgan fingerprint density at radius 3 is 1.40 bits per heavy atom. The van der Waals surface area contributed by atoms with Gasteiger partial charge in [-0.1, -0.05) is 121 Å². The lowest BCUT2D eigenvalue weighted by atomic mass is 10.2. The van der Waals surface area contributed by atoms with Crippen molar-refractivity contribution in [3.8, 4) is 0 Å². The Morgan fingerprint density at radius 1 is 0.605 bits per heavy atom. The summed E-state index contributed by atoms with van der Waals surface area (Å²) < 4.78 is 19.8. The van der Waals surface area contributed by atoms with Crippen LogP contribution in [-0.2, 0) is 33.3 Å². The van der Waals surface area contributed by atoms with Gasteiger partial charge in [0.15, 0.2) is 0 Å². The standard InChI is InChI=1S/C12H14O3.C11H11ClO2.C11H12O3/c1-3-7-11(13)15-12(14-2)10-8-5-4-6-9-10;1-2-6-10(13)14-11(12)9-7-4-3-5-8-9;1-2-6-10(12)14-11(13)9-7-4-3-5-8-9/h3-9,12H,1-2H3;2-8,11H,1H3;2-8,11,13H,1H3/b7-3+;2*6-2+. The van der Waals surface area contributed by atoms with Crippen molar-refractivity contribution < 1.29 is 38.4 Å². The van der Waals surface area contributed by atoms with Crippen molar-refractivity contribution >= 4 is 29.5 Å². The minimum Gasteiger partial charge on any atom is -0.438 e. The average molecular weight is 609 g/mol. The summed E-state index contributed by atoms with van der Waals surface area (Å²) in [5.74, 6) is -1.39. The van der Waals surface area contributed by atoms with Gasteiger partial charge in [0.25, 0.3) is 0 Å². The van der Waals surface area contributed by atoms with Gasteiger partial charge in [-0.05, 0) is 20.8 Å². The first-order valence-electron chi connectivity index (χ1n) is 13.2. The summed E-state index contributed by atoms with van der Waals surface area (Å²) in [4.78, 5) is 33.2. The molecule has 3 rings (SSSR count). The van der Waals surface area contributed by atoms with E-state index < -0.39 is 36.1 Å². The first kappa shape index (κ1) is 36.5. The van der Waals surface area contributed by atoms with Gasteiger partial charge in [0, 0.05) is 42.0 Å². The van der Waals surface area contributed by atoms with Gasteiger partial charge in [-0.3, -0.25) is 0 Å². The third-order valence-corrected chi connectivity index (χ3v) is 5.35. The van der Waals surface area contributed by atoms with E-state index in [2.05, 4.69) is 0 Å². The second kappa shape index (κ2) is 22.1. The van der Waals surface area contributed by atoms with Crippen LogP contribution in [-0.4, -0.2) is 30.1 Å².